The van der Waals surface area contributed by atoms with E-state index in [4.69, 9.17) is 13.9 Å². The third-order valence-electron chi connectivity index (χ3n) is 3.77. The van der Waals surface area contributed by atoms with E-state index in [1.807, 2.05) is 0 Å². The van der Waals surface area contributed by atoms with E-state index < -0.39 is 5.91 Å². The molecular weight excluding hydrogens is 344 g/mol. The van der Waals surface area contributed by atoms with Crippen molar-refractivity contribution in [1.82, 2.24) is 15.1 Å². The second-order valence-corrected chi connectivity index (χ2v) is 5.40. The number of carbonyl (C=O) groups is 3. The molecule has 10 nitrogen and oxygen atoms in total. The number of benzene rings is 1. The van der Waals surface area contributed by atoms with Gasteiger partial charge in [0.25, 0.3) is 5.89 Å². The van der Waals surface area contributed by atoms with Crippen molar-refractivity contribution < 1.29 is 28.3 Å². The molecule has 26 heavy (non-hydrogen) atoms. The molecule has 2 aromatic rings. The summed E-state index contributed by atoms with van der Waals surface area (Å²) in [7, 11) is 3.02. The molecule has 10 heteroatoms. The summed E-state index contributed by atoms with van der Waals surface area (Å²) in [6, 6.07) is 4.88. The van der Waals surface area contributed by atoms with Gasteiger partial charge in [0.2, 0.25) is 17.7 Å². The number of imide groups is 1. The number of hydrogen-bond donors (Lipinski definition) is 1. The molecule has 1 aromatic carbocycles. The molecule has 3 amide bonds. The first-order chi connectivity index (χ1) is 12.5. The van der Waals surface area contributed by atoms with Gasteiger partial charge in [0.15, 0.2) is 0 Å². The highest BCUT2D eigenvalue weighted by Gasteiger charge is 2.30. The number of rotatable bonds is 6. The number of nitrogens with one attached hydrogen (secondary N) is 1. The molecule has 0 aliphatic carbocycles. The molecule has 1 saturated heterocycles. The van der Waals surface area contributed by atoms with Crippen LogP contribution in [0.5, 0.6) is 11.5 Å². The van der Waals surface area contributed by atoms with E-state index in [1.54, 1.807) is 18.2 Å². The molecule has 1 aliphatic heterocycles. The van der Waals surface area contributed by atoms with Crippen LogP contribution in [0.4, 0.5) is 6.01 Å². The fraction of sp³-hybridized carbons (Fsp3) is 0.312. The number of ether oxygens (including phenoxy) is 2. The van der Waals surface area contributed by atoms with Gasteiger partial charge in [-0.05, 0) is 12.1 Å². The summed E-state index contributed by atoms with van der Waals surface area (Å²) in [6.45, 7) is -0.388. The number of amides is 3. The van der Waals surface area contributed by atoms with Crippen LogP contribution >= 0.6 is 0 Å². The van der Waals surface area contributed by atoms with Crippen molar-refractivity contribution in [2.45, 2.75) is 12.8 Å². The SMILES string of the molecule is COc1ccc(-c2nnc(NC(=O)CN3C(=O)CCC3=O)o2)c(OC)c1. The van der Waals surface area contributed by atoms with E-state index in [0.717, 1.165) is 4.90 Å². The molecule has 0 saturated carbocycles. The Hall–Kier alpha value is -3.43. The average molecular weight is 360 g/mol. The summed E-state index contributed by atoms with van der Waals surface area (Å²) in [5.74, 6) is -0.171. The first kappa shape index (κ1) is 17.4. The van der Waals surface area contributed by atoms with Gasteiger partial charge in [-0.3, -0.25) is 24.6 Å². The Bertz CT molecular complexity index is 846. The van der Waals surface area contributed by atoms with E-state index in [1.165, 1.54) is 14.2 Å². The maximum Gasteiger partial charge on any atom is 0.322 e. The first-order valence-corrected chi connectivity index (χ1v) is 7.70. The lowest BCUT2D eigenvalue weighted by atomic mass is 10.2. The standard InChI is InChI=1S/C16H16N4O6/c1-24-9-3-4-10(11(7-9)25-2)15-18-19-16(26-15)17-12(21)8-20-13(22)5-6-14(20)23/h3-4,7H,5-6,8H2,1-2H3,(H,17,19,21). The van der Waals surface area contributed by atoms with Crippen molar-refractivity contribution in [1.29, 1.82) is 0 Å². The molecule has 1 N–H and O–H groups in total. The molecule has 2 heterocycles. The van der Waals surface area contributed by atoms with Crippen LogP contribution in [-0.4, -0.2) is 53.6 Å². The Morgan fingerprint density at radius 3 is 2.58 bits per heavy atom. The van der Waals surface area contributed by atoms with Gasteiger partial charge < -0.3 is 13.9 Å². The van der Waals surface area contributed by atoms with Gasteiger partial charge in [0, 0.05) is 18.9 Å². The summed E-state index contributed by atoms with van der Waals surface area (Å²) in [5, 5.41) is 9.97. The van der Waals surface area contributed by atoms with Crippen LogP contribution in [0.25, 0.3) is 11.5 Å². The minimum atomic E-state index is -0.606. The van der Waals surface area contributed by atoms with Gasteiger partial charge in [-0.15, -0.1) is 5.10 Å². The fourth-order valence-corrected chi connectivity index (χ4v) is 2.46. The molecule has 0 atom stereocenters. The van der Waals surface area contributed by atoms with Crippen molar-refractivity contribution >= 4 is 23.7 Å². The Labute approximate surface area is 148 Å². The molecule has 0 unspecified atom stereocenters. The second-order valence-electron chi connectivity index (χ2n) is 5.40. The van der Waals surface area contributed by atoms with Crippen LogP contribution in [-0.2, 0) is 14.4 Å². The number of hydrogen-bond acceptors (Lipinski definition) is 8. The lowest BCUT2D eigenvalue weighted by Crippen LogP contribution is -2.36. The maximum absolute atomic E-state index is 12.0. The largest absolute Gasteiger partial charge is 0.497 e. The van der Waals surface area contributed by atoms with Crippen LogP contribution in [0, 0.1) is 0 Å². The second kappa shape index (κ2) is 7.21. The molecule has 1 aliphatic rings. The molecule has 0 spiro atoms. The van der Waals surface area contributed by atoms with Gasteiger partial charge in [-0.25, -0.2) is 0 Å². The van der Waals surface area contributed by atoms with Gasteiger partial charge in [0.05, 0.1) is 19.8 Å². The highest BCUT2D eigenvalue weighted by molar-refractivity contribution is 6.05. The monoisotopic (exact) mass is 360 g/mol. The molecule has 136 valence electrons. The Balaban J connectivity index is 1.71. The van der Waals surface area contributed by atoms with Crippen molar-refractivity contribution in [3.8, 4) is 23.0 Å². The molecule has 1 fully saturated rings. The maximum atomic E-state index is 12.0. The third kappa shape index (κ3) is 3.48. The average Bonchev–Trinajstić information content (AvgIpc) is 3.22. The topological polar surface area (TPSA) is 124 Å². The molecule has 0 bridgehead atoms. The molecule has 1 aromatic heterocycles. The van der Waals surface area contributed by atoms with Crippen LogP contribution in [0.15, 0.2) is 22.6 Å². The zero-order valence-corrected chi connectivity index (χ0v) is 14.1. The number of aromatic nitrogens is 2. The minimum absolute atomic E-state index is 0.119. The van der Waals surface area contributed by atoms with E-state index in [9.17, 15) is 14.4 Å². The van der Waals surface area contributed by atoms with Crippen molar-refractivity contribution in [2.75, 3.05) is 26.1 Å². The van der Waals surface area contributed by atoms with E-state index in [2.05, 4.69) is 15.5 Å². The third-order valence-corrected chi connectivity index (χ3v) is 3.77. The number of carbonyl (C=O) groups excluding carboxylic acids is 3. The summed E-state index contributed by atoms with van der Waals surface area (Å²) in [5.41, 5.74) is 0.520. The lowest BCUT2D eigenvalue weighted by Gasteiger charge is -2.11. The number of nitrogens with zero attached hydrogens (tertiary/aromatic N) is 3. The molecule has 3 rings (SSSR count). The van der Waals surface area contributed by atoms with Crippen molar-refractivity contribution in [3.05, 3.63) is 18.2 Å². The fourth-order valence-electron chi connectivity index (χ4n) is 2.46. The summed E-state index contributed by atoms with van der Waals surface area (Å²) < 4.78 is 15.8. The first-order valence-electron chi connectivity index (χ1n) is 7.70. The number of anilines is 1. The van der Waals surface area contributed by atoms with Gasteiger partial charge in [-0.1, -0.05) is 5.10 Å². The highest BCUT2D eigenvalue weighted by atomic mass is 16.5. The van der Waals surface area contributed by atoms with E-state index in [-0.39, 0.29) is 43.1 Å². The van der Waals surface area contributed by atoms with Crippen molar-refractivity contribution in [3.63, 3.8) is 0 Å². The normalized spacial score (nSPS) is 13.8. The molecule has 0 radical (unpaired) electrons. The van der Waals surface area contributed by atoms with Gasteiger partial charge in [-0.2, -0.15) is 0 Å². The predicted molar refractivity (Wildman–Crippen MR) is 87.4 cm³/mol. The van der Waals surface area contributed by atoms with Crippen LogP contribution < -0.4 is 14.8 Å². The van der Waals surface area contributed by atoms with Gasteiger partial charge in [0.1, 0.15) is 18.0 Å². The smallest absolute Gasteiger partial charge is 0.322 e. The quantitative estimate of drug-likeness (QED) is 0.752. The summed E-state index contributed by atoms with van der Waals surface area (Å²) >= 11 is 0. The Morgan fingerprint density at radius 1 is 1.19 bits per heavy atom. The minimum Gasteiger partial charge on any atom is -0.497 e. The lowest BCUT2D eigenvalue weighted by molar-refractivity contribution is -0.141. The molecular formula is C16H16N4O6. The zero-order valence-electron chi connectivity index (χ0n) is 14.1. The zero-order chi connectivity index (χ0) is 18.7. The van der Waals surface area contributed by atoms with Gasteiger partial charge >= 0.3 is 6.01 Å². The van der Waals surface area contributed by atoms with Crippen molar-refractivity contribution in [2.24, 2.45) is 0 Å². The van der Waals surface area contributed by atoms with Crippen LogP contribution in [0.3, 0.4) is 0 Å². The highest BCUT2D eigenvalue weighted by Crippen LogP contribution is 2.33. The van der Waals surface area contributed by atoms with E-state index >= 15 is 0 Å². The van der Waals surface area contributed by atoms with E-state index in [0.29, 0.717) is 17.1 Å². The Kier molecular flexibility index (Phi) is 4.83. The van der Waals surface area contributed by atoms with Crippen LogP contribution in [0.2, 0.25) is 0 Å². The predicted octanol–water partition coefficient (Wildman–Crippen LogP) is 0.841. The van der Waals surface area contributed by atoms with Crippen LogP contribution in [0.1, 0.15) is 12.8 Å². The summed E-state index contributed by atoms with van der Waals surface area (Å²) in [4.78, 5) is 36.0. The Morgan fingerprint density at radius 2 is 1.92 bits per heavy atom. The number of methoxy groups -OCH3 is 2. The summed E-state index contributed by atoms with van der Waals surface area (Å²) in [6.07, 6.45) is 0.238. The number of likely N-dealkylation sites (tertiary alicyclic amines) is 1.